The van der Waals surface area contributed by atoms with Gasteiger partial charge in [0.05, 0.1) is 19.7 Å². The second-order valence-electron chi connectivity index (χ2n) is 6.22. The molecule has 1 atom stereocenters. The molecule has 0 spiro atoms. The van der Waals surface area contributed by atoms with Gasteiger partial charge in [-0.05, 0) is 30.3 Å². The first-order chi connectivity index (χ1) is 13.2. The van der Waals surface area contributed by atoms with Crippen molar-refractivity contribution in [1.82, 2.24) is 0 Å². The van der Waals surface area contributed by atoms with E-state index in [1.54, 1.807) is 31.3 Å². The summed E-state index contributed by atoms with van der Waals surface area (Å²) in [6.45, 7) is -0.0744. The average Bonchev–Trinajstić information content (AvgIpc) is 2.60. The van der Waals surface area contributed by atoms with E-state index in [4.69, 9.17) is 4.74 Å². The van der Waals surface area contributed by atoms with Gasteiger partial charge < -0.3 is 20.3 Å². The van der Waals surface area contributed by atoms with Gasteiger partial charge in [0.2, 0.25) is 0 Å². The first-order valence-electron chi connectivity index (χ1n) is 8.39. The van der Waals surface area contributed by atoms with E-state index in [-0.39, 0.29) is 24.7 Å². The number of hydrogen-bond acceptors (Lipinski definition) is 3. The zero-order chi connectivity index (χ0) is 20.7. The fourth-order valence-electron chi connectivity index (χ4n) is 2.50. The standard InChI is InChI=1S/C19H20F3N3O3/c1-25(12-18(27)24-15-7-4-8-16(10-15)28-2)11-17(26)23-14-6-3-5-13(9-14)19(20,21)22/h3-10H,11-12H2,1-2H3,(H,23,26)(H,24,27)/p+1. The maximum atomic E-state index is 12.7. The van der Waals surface area contributed by atoms with Crippen LogP contribution in [-0.2, 0) is 15.8 Å². The Morgan fingerprint density at radius 2 is 1.50 bits per heavy atom. The molecule has 0 aliphatic heterocycles. The first-order valence-corrected chi connectivity index (χ1v) is 8.39. The van der Waals surface area contributed by atoms with Crippen LogP contribution in [0.4, 0.5) is 24.5 Å². The molecule has 0 saturated heterocycles. The Bertz CT molecular complexity index is 840. The Morgan fingerprint density at radius 3 is 2.04 bits per heavy atom. The van der Waals surface area contributed by atoms with E-state index in [0.717, 1.165) is 12.1 Å². The van der Waals surface area contributed by atoms with E-state index >= 15 is 0 Å². The Labute approximate surface area is 160 Å². The number of hydrogen-bond donors (Lipinski definition) is 3. The fraction of sp³-hybridized carbons (Fsp3) is 0.263. The fourth-order valence-corrected chi connectivity index (χ4v) is 2.50. The van der Waals surface area contributed by atoms with Gasteiger partial charge in [0.15, 0.2) is 13.1 Å². The SMILES string of the molecule is COc1cccc(NC(=O)C[NH+](C)CC(=O)Nc2cccc(C(F)(F)F)c2)c1. The number of nitrogens with one attached hydrogen (secondary N) is 3. The van der Waals surface area contributed by atoms with Crippen molar-refractivity contribution in [1.29, 1.82) is 0 Å². The number of carbonyl (C=O) groups is 2. The molecule has 2 aromatic carbocycles. The van der Waals surface area contributed by atoms with Crippen LogP contribution >= 0.6 is 0 Å². The van der Waals surface area contributed by atoms with Crippen LogP contribution in [0.1, 0.15) is 5.56 Å². The van der Waals surface area contributed by atoms with Crippen LogP contribution in [0.15, 0.2) is 48.5 Å². The predicted octanol–water partition coefficient (Wildman–Crippen LogP) is 1.81. The van der Waals surface area contributed by atoms with Gasteiger partial charge in [-0.3, -0.25) is 9.59 Å². The minimum absolute atomic E-state index is 0.00716. The lowest BCUT2D eigenvalue weighted by molar-refractivity contribution is -0.862. The van der Waals surface area contributed by atoms with Crippen LogP contribution in [0.5, 0.6) is 5.75 Å². The summed E-state index contributed by atoms with van der Waals surface area (Å²) in [7, 11) is 3.15. The molecule has 150 valence electrons. The number of rotatable bonds is 7. The molecule has 0 aromatic heterocycles. The molecule has 6 nitrogen and oxygen atoms in total. The summed E-state index contributed by atoms with van der Waals surface area (Å²) in [5.41, 5.74) is -0.234. The van der Waals surface area contributed by atoms with Crippen molar-refractivity contribution in [3.05, 3.63) is 54.1 Å². The zero-order valence-electron chi connectivity index (χ0n) is 15.4. The number of benzene rings is 2. The number of amides is 2. The Balaban J connectivity index is 1.86. The van der Waals surface area contributed by atoms with Gasteiger partial charge in [0, 0.05) is 17.4 Å². The number of halogens is 3. The number of likely N-dealkylation sites (N-methyl/N-ethyl adjacent to an activating group) is 1. The molecule has 1 unspecified atom stereocenters. The molecule has 0 saturated carbocycles. The van der Waals surface area contributed by atoms with Gasteiger partial charge >= 0.3 is 6.18 Å². The van der Waals surface area contributed by atoms with E-state index in [1.165, 1.54) is 19.2 Å². The summed E-state index contributed by atoms with van der Waals surface area (Å²) in [4.78, 5) is 24.7. The van der Waals surface area contributed by atoms with Crippen molar-refractivity contribution in [3.8, 4) is 5.75 Å². The molecular formula is C19H21F3N3O3+. The number of anilines is 2. The van der Waals surface area contributed by atoms with Crippen LogP contribution in [0.25, 0.3) is 0 Å². The van der Waals surface area contributed by atoms with Crippen molar-refractivity contribution >= 4 is 23.2 Å². The molecule has 0 aliphatic rings. The summed E-state index contributed by atoms with van der Waals surface area (Å²) in [5.74, 6) is -0.206. The third-order valence-corrected chi connectivity index (χ3v) is 3.75. The highest BCUT2D eigenvalue weighted by atomic mass is 19.4. The molecule has 0 bridgehead atoms. The van der Waals surface area contributed by atoms with E-state index < -0.39 is 17.6 Å². The van der Waals surface area contributed by atoms with Gasteiger partial charge in [0.1, 0.15) is 5.75 Å². The van der Waals surface area contributed by atoms with Crippen molar-refractivity contribution < 1.29 is 32.4 Å². The highest BCUT2D eigenvalue weighted by molar-refractivity contribution is 5.93. The molecule has 0 fully saturated rings. The lowest BCUT2D eigenvalue weighted by atomic mass is 10.2. The monoisotopic (exact) mass is 396 g/mol. The summed E-state index contributed by atoms with van der Waals surface area (Å²) in [6.07, 6.45) is -4.49. The van der Waals surface area contributed by atoms with Gasteiger partial charge in [-0.25, -0.2) is 0 Å². The van der Waals surface area contributed by atoms with Crippen LogP contribution < -0.4 is 20.3 Å². The summed E-state index contributed by atoms with van der Waals surface area (Å²) in [5, 5.41) is 5.11. The third kappa shape index (κ3) is 6.58. The minimum Gasteiger partial charge on any atom is -0.497 e. The molecule has 3 N–H and O–H groups in total. The van der Waals surface area contributed by atoms with E-state index in [2.05, 4.69) is 10.6 Å². The molecule has 2 aromatic rings. The lowest BCUT2D eigenvalue weighted by Crippen LogP contribution is -3.11. The van der Waals surface area contributed by atoms with Crippen molar-refractivity contribution in [2.45, 2.75) is 6.18 Å². The van der Waals surface area contributed by atoms with Crippen LogP contribution in [0, 0.1) is 0 Å². The topological polar surface area (TPSA) is 71.9 Å². The highest BCUT2D eigenvalue weighted by Gasteiger charge is 2.30. The third-order valence-electron chi connectivity index (χ3n) is 3.75. The Morgan fingerprint density at radius 1 is 0.964 bits per heavy atom. The van der Waals surface area contributed by atoms with Crippen LogP contribution in [0.2, 0.25) is 0 Å². The van der Waals surface area contributed by atoms with Gasteiger partial charge in [-0.1, -0.05) is 12.1 Å². The zero-order valence-corrected chi connectivity index (χ0v) is 15.4. The van der Waals surface area contributed by atoms with Crippen molar-refractivity contribution in [3.63, 3.8) is 0 Å². The van der Waals surface area contributed by atoms with Crippen LogP contribution in [0.3, 0.4) is 0 Å². The molecule has 2 amide bonds. The summed E-state index contributed by atoms with van der Waals surface area (Å²) >= 11 is 0. The molecule has 28 heavy (non-hydrogen) atoms. The molecule has 0 aliphatic carbocycles. The highest BCUT2D eigenvalue weighted by Crippen LogP contribution is 2.30. The van der Waals surface area contributed by atoms with Crippen molar-refractivity contribution in [2.24, 2.45) is 0 Å². The first kappa shape index (κ1) is 21.2. The Kier molecular flexibility index (Phi) is 7.00. The number of methoxy groups -OCH3 is 1. The smallest absolute Gasteiger partial charge is 0.416 e. The van der Waals surface area contributed by atoms with Gasteiger partial charge in [-0.15, -0.1) is 0 Å². The lowest BCUT2D eigenvalue weighted by Gasteiger charge is -2.14. The van der Waals surface area contributed by atoms with Crippen LogP contribution in [-0.4, -0.2) is 39.1 Å². The quantitative estimate of drug-likeness (QED) is 0.669. The maximum Gasteiger partial charge on any atom is 0.416 e. The summed E-state index contributed by atoms with van der Waals surface area (Å²) < 4.78 is 43.2. The number of alkyl halides is 3. The van der Waals surface area contributed by atoms with E-state index in [9.17, 15) is 22.8 Å². The molecular weight excluding hydrogens is 375 g/mol. The minimum atomic E-state index is -4.49. The number of carbonyl (C=O) groups excluding carboxylic acids is 2. The summed E-state index contributed by atoms with van der Waals surface area (Å²) in [6, 6.07) is 11.2. The number of ether oxygens (including phenoxy) is 1. The second kappa shape index (κ2) is 9.23. The van der Waals surface area contributed by atoms with Gasteiger partial charge in [0.25, 0.3) is 11.8 Å². The number of quaternary nitrogens is 1. The second-order valence-corrected chi connectivity index (χ2v) is 6.22. The average molecular weight is 396 g/mol. The molecule has 0 radical (unpaired) electrons. The normalized spacial score (nSPS) is 12.2. The largest absolute Gasteiger partial charge is 0.497 e. The van der Waals surface area contributed by atoms with E-state index in [0.29, 0.717) is 16.3 Å². The van der Waals surface area contributed by atoms with Crippen molar-refractivity contribution in [2.75, 3.05) is 37.9 Å². The predicted molar refractivity (Wildman–Crippen MR) is 98.3 cm³/mol. The Hall–Kier alpha value is -3.07. The molecule has 9 heteroatoms. The maximum absolute atomic E-state index is 12.7. The van der Waals surface area contributed by atoms with E-state index in [1.807, 2.05) is 0 Å². The molecule has 0 heterocycles. The molecule has 2 rings (SSSR count). The van der Waals surface area contributed by atoms with Gasteiger partial charge in [-0.2, -0.15) is 13.2 Å².